The number of likely N-dealkylation sites (tertiary alicyclic amines) is 1. The quantitative estimate of drug-likeness (QED) is 0.664. The number of carbonyl (C=O) groups is 1. The van der Waals surface area contributed by atoms with E-state index in [1.165, 1.54) is 0 Å². The first-order valence-electron chi connectivity index (χ1n) is 5.99. The Morgan fingerprint density at radius 3 is 2.69 bits per heavy atom. The predicted molar refractivity (Wildman–Crippen MR) is 66.3 cm³/mol. The summed E-state index contributed by atoms with van der Waals surface area (Å²) >= 11 is 0. The van der Waals surface area contributed by atoms with E-state index in [-0.39, 0.29) is 11.9 Å². The van der Waals surface area contributed by atoms with Crippen LogP contribution < -0.4 is 10.6 Å². The van der Waals surface area contributed by atoms with Gasteiger partial charge >= 0.3 is 0 Å². The van der Waals surface area contributed by atoms with Crippen LogP contribution in [0.15, 0.2) is 12.7 Å². The van der Waals surface area contributed by atoms with Gasteiger partial charge < -0.3 is 10.6 Å². The molecule has 4 nitrogen and oxygen atoms in total. The summed E-state index contributed by atoms with van der Waals surface area (Å²) < 4.78 is 0. The van der Waals surface area contributed by atoms with Crippen molar-refractivity contribution in [1.82, 2.24) is 15.5 Å². The molecule has 1 unspecified atom stereocenters. The fourth-order valence-electron chi connectivity index (χ4n) is 2.06. The third-order valence-corrected chi connectivity index (χ3v) is 3.29. The van der Waals surface area contributed by atoms with Gasteiger partial charge in [0.2, 0.25) is 5.91 Å². The van der Waals surface area contributed by atoms with E-state index < -0.39 is 0 Å². The maximum Gasteiger partial charge on any atom is 0.237 e. The van der Waals surface area contributed by atoms with Gasteiger partial charge in [-0.15, -0.1) is 6.58 Å². The van der Waals surface area contributed by atoms with Crippen molar-refractivity contribution in [2.75, 3.05) is 26.7 Å². The molecule has 0 aliphatic carbocycles. The molecule has 1 atom stereocenters. The highest BCUT2D eigenvalue weighted by molar-refractivity contribution is 5.81. The minimum atomic E-state index is -0.0299. The topological polar surface area (TPSA) is 44.4 Å². The molecule has 92 valence electrons. The number of nitrogens with one attached hydrogen (secondary N) is 2. The fraction of sp³-hybridized carbons (Fsp3) is 0.750. The lowest BCUT2D eigenvalue weighted by Gasteiger charge is -2.35. The average molecular weight is 225 g/mol. The highest BCUT2D eigenvalue weighted by atomic mass is 16.2. The van der Waals surface area contributed by atoms with Crippen LogP contribution in [0.5, 0.6) is 0 Å². The summed E-state index contributed by atoms with van der Waals surface area (Å²) in [5, 5.41) is 6.13. The molecule has 0 spiro atoms. The van der Waals surface area contributed by atoms with Crippen molar-refractivity contribution in [1.29, 1.82) is 0 Å². The fourth-order valence-corrected chi connectivity index (χ4v) is 2.06. The van der Waals surface area contributed by atoms with Crippen LogP contribution in [0, 0.1) is 0 Å². The van der Waals surface area contributed by atoms with Gasteiger partial charge in [-0.05, 0) is 26.8 Å². The molecule has 1 heterocycles. The first-order chi connectivity index (χ1) is 7.69. The number of rotatable bonds is 5. The zero-order valence-electron chi connectivity index (χ0n) is 10.3. The van der Waals surface area contributed by atoms with Crippen LogP contribution in [0.2, 0.25) is 0 Å². The van der Waals surface area contributed by atoms with E-state index in [2.05, 4.69) is 22.1 Å². The van der Waals surface area contributed by atoms with Gasteiger partial charge in [0.25, 0.3) is 0 Å². The second-order valence-electron chi connectivity index (χ2n) is 4.31. The Bertz CT molecular complexity index is 234. The van der Waals surface area contributed by atoms with Crippen molar-refractivity contribution in [3.63, 3.8) is 0 Å². The lowest BCUT2D eigenvalue weighted by atomic mass is 10.0. The smallest absolute Gasteiger partial charge is 0.237 e. The molecule has 1 amide bonds. The molecule has 16 heavy (non-hydrogen) atoms. The van der Waals surface area contributed by atoms with Gasteiger partial charge in [-0.25, -0.2) is 0 Å². The molecule has 0 bridgehead atoms. The van der Waals surface area contributed by atoms with Crippen molar-refractivity contribution < 1.29 is 4.79 Å². The van der Waals surface area contributed by atoms with E-state index in [9.17, 15) is 4.79 Å². The minimum Gasteiger partial charge on any atom is -0.351 e. The number of nitrogens with zero attached hydrogens (tertiary/aromatic N) is 1. The number of piperidine rings is 1. The summed E-state index contributed by atoms with van der Waals surface area (Å²) in [5.74, 6) is 0.0998. The van der Waals surface area contributed by atoms with Crippen LogP contribution in [0.4, 0.5) is 0 Å². The van der Waals surface area contributed by atoms with Gasteiger partial charge in [-0.2, -0.15) is 0 Å². The first kappa shape index (κ1) is 13.2. The lowest BCUT2D eigenvalue weighted by Crippen LogP contribution is -2.50. The largest absolute Gasteiger partial charge is 0.351 e. The van der Waals surface area contributed by atoms with Crippen LogP contribution in [0.1, 0.15) is 19.8 Å². The summed E-state index contributed by atoms with van der Waals surface area (Å²) in [4.78, 5) is 14.0. The summed E-state index contributed by atoms with van der Waals surface area (Å²) in [6.45, 7) is 8.10. The van der Waals surface area contributed by atoms with Gasteiger partial charge in [0.05, 0.1) is 6.04 Å². The Morgan fingerprint density at radius 1 is 1.56 bits per heavy atom. The van der Waals surface area contributed by atoms with Gasteiger partial charge in [-0.3, -0.25) is 9.69 Å². The van der Waals surface area contributed by atoms with E-state index in [4.69, 9.17) is 0 Å². The molecule has 0 radical (unpaired) electrons. The Hall–Kier alpha value is -0.870. The molecular weight excluding hydrogens is 202 g/mol. The van der Waals surface area contributed by atoms with E-state index in [0.717, 1.165) is 25.9 Å². The van der Waals surface area contributed by atoms with Crippen molar-refractivity contribution in [2.45, 2.75) is 31.8 Å². The third-order valence-electron chi connectivity index (χ3n) is 3.29. The highest BCUT2D eigenvalue weighted by Gasteiger charge is 2.25. The minimum absolute atomic E-state index is 0.0299. The van der Waals surface area contributed by atoms with Gasteiger partial charge in [0.15, 0.2) is 0 Å². The van der Waals surface area contributed by atoms with E-state index >= 15 is 0 Å². The Morgan fingerprint density at radius 2 is 2.19 bits per heavy atom. The van der Waals surface area contributed by atoms with E-state index in [1.807, 2.05) is 14.0 Å². The number of hydrogen-bond acceptors (Lipinski definition) is 3. The Labute approximate surface area is 98.1 Å². The molecule has 2 N–H and O–H groups in total. The number of carbonyl (C=O) groups excluding carboxylic acids is 1. The van der Waals surface area contributed by atoms with Crippen LogP contribution in [-0.4, -0.2) is 49.6 Å². The molecule has 1 aliphatic rings. The molecule has 1 aliphatic heterocycles. The summed E-state index contributed by atoms with van der Waals surface area (Å²) in [5.41, 5.74) is 0. The molecule has 1 rings (SSSR count). The van der Waals surface area contributed by atoms with Crippen molar-refractivity contribution in [2.24, 2.45) is 0 Å². The van der Waals surface area contributed by atoms with E-state index in [0.29, 0.717) is 12.6 Å². The van der Waals surface area contributed by atoms with Crippen LogP contribution in [0.3, 0.4) is 0 Å². The molecule has 0 saturated carbocycles. The lowest BCUT2D eigenvalue weighted by molar-refractivity contribution is -0.126. The van der Waals surface area contributed by atoms with Crippen molar-refractivity contribution >= 4 is 5.91 Å². The van der Waals surface area contributed by atoms with Crippen LogP contribution >= 0.6 is 0 Å². The third kappa shape index (κ3) is 3.61. The van der Waals surface area contributed by atoms with Gasteiger partial charge in [0, 0.05) is 25.7 Å². The van der Waals surface area contributed by atoms with Crippen molar-refractivity contribution in [3.05, 3.63) is 12.7 Å². The molecule has 1 saturated heterocycles. The molecule has 1 fully saturated rings. The molecule has 0 aromatic carbocycles. The molecule has 4 heteroatoms. The van der Waals surface area contributed by atoms with Crippen LogP contribution in [0.25, 0.3) is 0 Å². The molecule has 0 aromatic heterocycles. The zero-order chi connectivity index (χ0) is 12.0. The van der Waals surface area contributed by atoms with Gasteiger partial charge in [-0.1, -0.05) is 6.08 Å². The maximum absolute atomic E-state index is 11.7. The summed E-state index contributed by atoms with van der Waals surface area (Å²) in [6.07, 6.45) is 3.95. The monoisotopic (exact) mass is 225 g/mol. The second kappa shape index (κ2) is 6.66. The molecular formula is C12H23N3O. The number of hydrogen-bond donors (Lipinski definition) is 2. The Kier molecular flexibility index (Phi) is 5.49. The van der Waals surface area contributed by atoms with Crippen molar-refractivity contribution in [3.8, 4) is 0 Å². The number of amides is 1. The summed E-state index contributed by atoms with van der Waals surface area (Å²) in [7, 11) is 2.00. The second-order valence-corrected chi connectivity index (χ2v) is 4.31. The van der Waals surface area contributed by atoms with Crippen LogP contribution in [-0.2, 0) is 4.79 Å². The normalized spacial score (nSPS) is 20.4. The highest BCUT2D eigenvalue weighted by Crippen LogP contribution is 2.12. The average Bonchev–Trinajstić information content (AvgIpc) is 2.35. The van der Waals surface area contributed by atoms with Gasteiger partial charge in [0.1, 0.15) is 0 Å². The predicted octanol–water partition coefficient (Wildman–Crippen LogP) is 0.361. The maximum atomic E-state index is 11.7. The molecule has 0 aromatic rings. The standard InChI is InChI=1S/C12H23N3O/c1-4-7-14-12(16)10(2)15-8-5-11(13-3)6-9-15/h4,10-11,13H,1,5-9H2,2-3H3,(H,14,16). The zero-order valence-corrected chi connectivity index (χ0v) is 10.3. The SMILES string of the molecule is C=CCNC(=O)C(C)N1CCC(NC)CC1. The first-order valence-corrected chi connectivity index (χ1v) is 5.99. The Balaban J connectivity index is 2.34. The summed E-state index contributed by atoms with van der Waals surface area (Å²) in [6, 6.07) is 0.581. The van der Waals surface area contributed by atoms with E-state index in [1.54, 1.807) is 6.08 Å².